The van der Waals surface area contributed by atoms with Crippen molar-refractivity contribution in [2.45, 2.75) is 97.0 Å². The van der Waals surface area contributed by atoms with Gasteiger partial charge in [-0.3, -0.25) is 14.4 Å². The monoisotopic (exact) mass is 696 g/mol. The Kier molecular flexibility index (Phi) is 14.7. The molecule has 15 nitrogen and oxygen atoms in total. The van der Waals surface area contributed by atoms with Crippen LogP contribution in [0.15, 0.2) is 23.8 Å². The lowest BCUT2D eigenvalue weighted by molar-refractivity contribution is -0.757. The first-order valence-corrected chi connectivity index (χ1v) is 17.0. The first-order valence-electron chi connectivity index (χ1n) is 17.0. The molecule has 0 spiro atoms. The summed E-state index contributed by atoms with van der Waals surface area (Å²) in [5.41, 5.74) is 5.93. The van der Waals surface area contributed by atoms with Gasteiger partial charge in [-0.25, -0.2) is 4.79 Å². The maximum absolute atomic E-state index is 13.3. The summed E-state index contributed by atoms with van der Waals surface area (Å²) in [6.45, 7) is 5.01. The summed E-state index contributed by atoms with van der Waals surface area (Å²) in [5.74, 6) is -1.05. The van der Waals surface area contributed by atoms with Crippen molar-refractivity contribution in [2.24, 2.45) is 40.2 Å². The molecule has 0 saturated heterocycles. The molecule has 0 aromatic carbocycles. The number of ether oxygens (including phenoxy) is 4. The van der Waals surface area contributed by atoms with E-state index in [0.717, 1.165) is 37.7 Å². The van der Waals surface area contributed by atoms with Crippen molar-refractivity contribution < 1.29 is 58.3 Å². The van der Waals surface area contributed by atoms with Crippen molar-refractivity contribution in [2.75, 3.05) is 33.5 Å². The number of esters is 1. The number of carbonyl (C=O) groups excluding carboxylic acids is 4. The molecule has 4 aliphatic carbocycles. The third-order valence-electron chi connectivity index (χ3n) is 10.7. The highest BCUT2D eigenvalue weighted by atomic mass is 16.9. The van der Waals surface area contributed by atoms with Crippen molar-refractivity contribution in [3.8, 4) is 0 Å². The number of aliphatic hydroxyl groups excluding tert-OH is 2. The zero-order valence-electron chi connectivity index (χ0n) is 28.9. The maximum atomic E-state index is 13.3. The maximum Gasteiger partial charge on any atom is 0.508 e. The molecular weight excluding hydrogens is 644 g/mol. The third-order valence-corrected chi connectivity index (χ3v) is 10.7. The van der Waals surface area contributed by atoms with Crippen LogP contribution in [0.4, 0.5) is 4.79 Å². The van der Waals surface area contributed by atoms with Crippen LogP contribution in [0.25, 0.3) is 0 Å². The number of hydrogen-bond acceptors (Lipinski definition) is 14. The molecule has 4 N–H and O–H groups in total. The lowest BCUT2D eigenvalue weighted by atomic mass is 9.46. The predicted octanol–water partition coefficient (Wildman–Crippen LogP) is 3.21. The van der Waals surface area contributed by atoms with Gasteiger partial charge in [-0.15, -0.1) is 10.1 Å². The van der Waals surface area contributed by atoms with E-state index in [4.69, 9.17) is 25.1 Å². The van der Waals surface area contributed by atoms with Crippen molar-refractivity contribution in [1.82, 2.24) is 0 Å². The zero-order valence-corrected chi connectivity index (χ0v) is 28.9. The SMILES string of the molecule is CCCC(O)OC.C[C@]12C[C@H](O)C3[C@@H](CCC4=CC(=O)C=C[C@@]43C)C1CCC2C(=O)COC(=O)OCC(N)C(=O)OCCCCO[N+](=O)[O-]. The summed E-state index contributed by atoms with van der Waals surface area (Å²) in [5, 5.41) is 29.3. The molecule has 0 aliphatic heterocycles. The zero-order chi connectivity index (χ0) is 36.4. The Hall–Kier alpha value is -3.40. The number of fused-ring (bicyclic) bond motifs is 5. The van der Waals surface area contributed by atoms with Gasteiger partial charge in [-0.05, 0) is 80.8 Å². The number of hydrogen-bond donors (Lipinski definition) is 3. The number of ketones is 2. The molecule has 0 amide bonds. The number of allylic oxidation sites excluding steroid dienone is 4. The molecule has 0 aromatic heterocycles. The molecule has 49 heavy (non-hydrogen) atoms. The minimum atomic E-state index is -1.26. The number of unbranched alkanes of at least 4 members (excludes halogenated alkanes) is 1. The van der Waals surface area contributed by atoms with Gasteiger partial charge in [0.25, 0.3) is 5.09 Å². The minimum absolute atomic E-state index is 0.0154. The average molecular weight is 697 g/mol. The fourth-order valence-corrected chi connectivity index (χ4v) is 8.34. The van der Waals surface area contributed by atoms with Crippen LogP contribution in [0.5, 0.6) is 0 Å². The third kappa shape index (κ3) is 10.1. The van der Waals surface area contributed by atoms with Crippen LogP contribution < -0.4 is 5.73 Å². The smallest absolute Gasteiger partial charge is 0.464 e. The second kappa shape index (κ2) is 18.0. The number of rotatable bonds is 15. The van der Waals surface area contributed by atoms with Crippen LogP contribution in [0.3, 0.4) is 0 Å². The number of Topliss-reactive ketones (excluding diaryl/α,β-unsaturated/α-hetero) is 1. The molecule has 0 radical (unpaired) electrons. The van der Waals surface area contributed by atoms with E-state index in [2.05, 4.69) is 23.4 Å². The van der Waals surface area contributed by atoms with Crippen LogP contribution in [-0.2, 0) is 38.2 Å². The van der Waals surface area contributed by atoms with E-state index in [1.54, 1.807) is 12.2 Å². The molecule has 3 saturated carbocycles. The van der Waals surface area contributed by atoms with Crippen molar-refractivity contribution in [1.29, 1.82) is 0 Å². The fraction of sp³-hybridized carbons (Fsp3) is 0.765. The van der Waals surface area contributed by atoms with E-state index in [1.807, 2.05) is 13.0 Å². The van der Waals surface area contributed by atoms with Crippen LogP contribution in [-0.4, -0.2) is 91.0 Å². The van der Waals surface area contributed by atoms with Crippen molar-refractivity contribution in [3.63, 3.8) is 0 Å². The molecule has 0 heterocycles. The molecule has 9 atom stereocenters. The van der Waals surface area contributed by atoms with Gasteiger partial charge in [0.1, 0.15) is 12.6 Å². The van der Waals surface area contributed by atoms with E-state index >= 15 is 0 Å². The first-order chi connectivity index (χ1) is 23.2. The molecular formula is C34H52N2O13. The number of methoxy groups -OCH3 is 1. The van der Waals surface area contributed by atoms with Crippen LogP contribution in [0, 0.1) is 44.6 Å². The number of nitrogens with two attached hydrogens (primary N) is 1. The molecule has 4 rings (SSSR count). The highest BCUT2D eigenvalue weighted by molar-refractivity contribution is 6.01. The van der Waals surface area contributed by atoms with Gasteiger partial charge in [0.2, 0.25) is 0 Å². The molecule has 0 aromatic rings. The van der Waals surface area contributed by atoms with Gasteiger partial charge in [0.05, 0.1) is 19.3 Å². The lowest BCUT2D eigenvalue weighted by Gasteiger charge is -2.58. The number of aliphatic hydroxyl groups is 2. The Bertz CT molecular complexity index is 1250. The van der Waals surface area contributed by atoms with Gasteiger partial charge < -0.3 is 39.7 Å². The van der Waals surface area contributed by atoms with Gasteiger partial charge >= 0.3 is 12.1 Å². The van der Waals surface area contributed by atoms with E-state index in [9.17, 15) is 34.4 Å². The molecule has 4 aliphatic rings. The van der Waals surface area contributed by atoms with Crippen LogP contribution in [0.1, 0.15) is 78.6 Å². The summed E-state index contributed by atoms with van der Waals surface area (Å²) in [6, 6.07) is -1.26. The van der Waals surface area contributed by atoms with E-state index in [-0.39, 0.29) is 53.9 Å². The topological polar surface area (TPSA) is 224 Å². The largest absolute Gasteiger partial charge is 0.508 e. The van der Waals surface area contributed by atoms with E-state index < -0.39 is 54.3 Å². The van der Waals surface area contributed by atoms with Gasteiger partial charge in [-0.1, -0.05) is 38.8 Å². The second-order valence-corrected chi connectivity index (χ2v) is 13.8. The van der Waals surface area contributed by atoms with Crippen LogP contribution >= 0.6 is 0 Å². The number of nitrogens with zero attached hydrogens (tertiary/aromatic N) is 1. The molecule has 5 unspecified atom stereocenters. The minimum Gasteiger partial charge on any atom is -0.464 e. The quantitative estimate of drug-likeness (QED) is 0.0735. The van der Waals surface area contributed by atoms with Crippen molar-refractivity contribution >= 4 is 23.7 Å². The van der Waals surface area contributed by atoms with Gasteiger partial charge in [-0.2, -0.15) is 0 Å². The Morgan fingerprint density at radius 2 is 1.84 bits per heavy atom. The first kappa shape index (κ1) is 40.0. The standard InChI is InChI=1S/C29H40N2O11.C5H12O2/c1-28-10-9-18(32)13-17(28)5-6-19-20-7-8-21(29(20,2)14-23(33)25(19)28)24(34)16-41-27(36)40-15-22(30)26(35)39-11-3-4-12-42-31(37)38;1-3-4-5(6)7-2/h9-10,13,19-23,25,33H,3-8,11-12,14-16,30H2,1-2H3;5-6H,3-4H2,1-2H3/t19-,20?,21?,22?,23-,25?,28-,29-;/m0./s1. The summed E-state index contributed by atoms with van der Waals surface area (Å²) >= 11 is 0. The average Bonchev–Trinajstić information content (AvgIpc) is 3.40. The predicted molar refractivity (Wildman–Crippen MR) is 173 cm³/mol. The van der Waals surface area contributed by atoms with Crippen molar-refractivity contribution in [3.05, 3.63) is 33.9 Å². The van der Waals surface area contributed by atoms with E-state index in [1.165, 1.54) is 7.11 Å². The fourth-order valence-electron chi connectivity index (χ4n) is 8.34. The second-order valence-electron chi connectivity index (χ2n) is 13.8. The molecule has 15 heteroatoms. The Morgan fingerprint density at radius 3 is 2.49 bits per heavy atom. The van der Waals surface area contributed by atoms with Crippen LogP contribution in [0.2, 0.25) is 0 Å². The Balaban J connectivity index is 0.000000838. The number of carbonyl (C=O) groups is 4. The highest BCUT2D eigenvalue weighted by Crippen LogP contribution is 2.66. The molecule has 0 bridgehead atoms. The van der Waals surface area contributed by atoms with Gasteiger partial charge in [0.15, 0.2) is 24.5 Å². The Labute approximate surface area is 286 Å². The van der Waals surface area contributed by atoms with E-state index in [0.29, 0.717) is 25.7 Å². The lowest BCUT2D eigenvalue weighted by Crippen LogP contribution is -2.56. The Morgan fingerprint density at radius 1 is 1.12 bits per heavy atom. The summed E-state index contributed by atoms with van der Waals surface area (Å²) < 4.78 is 19.4. The molecule has 276 valence electrons. The summed E-state index contributed by atoms with van der Waals surface area (Å²) in [6.07, 6.45) is 8.83. The molecule has 3 fully saturated rings. The normalized spacial score (nSPS) is 31.0. The highest BCUT2D eigenvalue weighted by Gasteiger charge is 2.62. The van der Waals surface area contributed by atoms with Gasteiger partial charge in [0, 0.05) is 24.4 Å². The summed E-state index contributed by atoms with van der Waals surface area (Å²) in [7, 11) is 1.50. The summed E-state index contributed by atoms with van der Waals surface area (Å²) in [4.78, 5) is 63.5.